The Balaban J connectivity index is 1.53. The fourth-order valence-corrected chi connectivity index (χ4v) is 4.95. The topological polar surface area (TPSA) is 27.0 Å². The SMILES string of the molecule is CC(CCC(C#N)(c1ccc(C(F)(F)F)cc1)C1CC1)N(Cc1ccccc1)Cc1ccccc1. The van der Waals surface area contributed by atoms with E-state index >= 15 is 0 Å². The fraction of sp³-hybridized carbons (Fsp3) is 0.367. The van der Waals surface area contributed by atoms with Gasteiger partial charge in [0.25, 0.3) is 0 Å². The Morgan fingerprint density at radius 2 is 1.31 bits per heavy atom. The van der Waals surface area contributed by atoms with Gasteiger partial charge < -0.3 is 0 Å². The molecule has 182 valence electrons. The van der Waals surface area contributed by atoms with Crippen molar-refractivity contribution in [1.29, 1.82) is 5.26 Å². The number of hydrogen-bond donors (Lipinski definition) is 0. The molecule has 35 heavy (non-hydrogen) atoms. The maximum absolute atomic E-state index is 13.1. The lowest BCUT2D eigenvalue weighted by Crippen LogP contribution is -2.35. The summed E-state index contributed by atoms with van der Waals surface area (Å²) in [4.78, 5) is 2.42. The van der Waals surface area contributed by atoms with Crippen LogP contribution in [0.25, 0.3) is 0 Å². The van der Waals surface area contributed by atoms with Crippen molar-refractivity contribution in [3.05, 3.63) is 107 Å². The van der Waals surface area contributed by atoms with Gasteiger partial charge in [-0.25, -0.2) is 0 Å². The molecular formula is C30H31F3N2. The molecule has 1 aliphatic carbocycles. The predicted molar refractivity (Wildman–Crippen MR) is 132 cm³/mol. The van der Waals surface area contributed by atoms with E-state index in [2.05, 4.69) is 42.2 Å². The quantitative estimate of drug-likeness (QED) is 0.299. The summed E-state index contributed by atoms with van der Waals surface area (Å²) in [5.74, 6) is 0.202. The first-order valence-electron chi connectivity index (χ1n) is 12.2. The highest BCUT2D eigenvalue weighted by Gasteiger charge is 2.47. The van der Waals surface area contributed by atoms with Crippen molar-refractivity contribution in [2.24, 2.45) is 5.92 Å². The minimum Gasteiger partial charge on any atom is -0.292 e. The first-order chi connectivity index (χ1) is 16.8. The van der Waals surface area contributed by atoms with Crippen LogP contribution >= 0.6 is 0 Å². The van der Waals surface area contributed by atoms with Crippen LogP contribution in [0.2, 0.25) is 0 Å². The molecule has 2 unspecified atom stereocenters. The zero-order valence-corrected chi connectivity index (χ0v) is 20.0. The number of hydrogen-bond acceptors (Lipinski definition) is 2. The van der Waals surface area contributed by atoms with Gasteiger partial charge in [-0.1, -0.05) is 72.8 Å². The number of halogens is 3. The Morgan fingerprint density at radius 3 is 1.74 bits per heavy atom. The van der Waals surface area contributed by atoms with E-state index in [1.54, 1.807) is 0 Å². The van der Waals surface area contributed by atoms with Crippen LogP contribution in [0.3, 0.4) is 0 Å². The van der Waals surface area contributed by atoms with Crippen molar-refractivity contribution in [2.75, 3.05) is 0 Å². The van der Waals surface area contributed by atoms with Crippen molar-refractivity contribution >= 4 is 0 Å². The number of nitriles is 1. The van der Waals surface area contributed by atoms with Gasteiger partial charge >= 0.3 is 6.18 Å². The fourth-order valence-electron chi connectivity index (χ4n) is 4.95. The van der Waals surface area contributed by atoms with E-state index in [4.69, 9.17) is 0 Å². The van der Waals surface area contributed by atoms with Gasteiger partial charge in [-0.2, -0.15) is 18.4 Å². The molecule has 0 amide bonds. The van der Waals surface area contributed by atoms with Crippen LogP contribution in [-0.2, 0) is 24.7 Å². The van der Waals surface area contributed by atoms with Gasteiger partial charge in [0.2, 0.25) is 0 Å². The van der Waals surface area contributed by atoms with E-state index < -0.39 is 17.2 Å². The highest BCUT2D eigenvalue weighted by Crippen LogP contribution is 2.50. The van der Waals surface area contributed by atoms with Crippen LogP contribution in [0, 0.1) is 17.2 Å². The van der Waals surface area contributed by atoms with Crippen LogP contribution in [-0.4, -0.2) is 10.9 Å². The normalized spacial score (nSPS) is 16.5. The summed E-state index contributed by atoms with van der Waals surface area (Å²) in [7, 11) is 0. The molecule has 0 radical (unpaired) electrons. The van der Waals surface area contributed by atoms with Crippen LogP contribution in [0.4, 0.5) is 13.2 Å². The summed E-state index contributed by atoms with van der Waals surface area (Å²) >= 11 is 0. The van der Waals surface area contributed by atoms with Gasteiger partial charge in [-0.3, -0.25) is 4.90 Å². The van der Waals surface area contributed by atoms with Gasteiger partial charge in [0.15, 0.2) is 0 Å². The Morgan fingerprint density at radius 1 is 0.829 bits per heavy atom. The summed E-state index contributed by atoms with van der Waals surface area (Å²) in [5.41, 5.74) is 1.75. The lowest BCUT2D eigenvalue weighted by Gasteiger charge is -2.33. The van der Waals surface area contributed by atoms with E-state index in [1.165, 1.54) is 23.3 Å². The average molecular weight is 477 g/mol. The number of alkyl halides is 3. The van der Waals surface area contributed by atoms with E-state index in [1.807, 2.05) is 36.4 Å². The van der Waals surface area contributed by atoms with E-state index in [0.717, 1.165) is 44.5 Å². The first-order valence-corrected chi connectivity index (χ1v) is 12.2. The Kier molecular flexibility index (Phi) is 7.62. The highest BCUT2D eigenvalue weighted by molar-refractivity contribution is 5.38. The second-order valence-corrected chi connectivity index (χ2v) is 9.70. The molecule has 0 bridgehead atoms. The Hall–Kier alpha value is -3.10. The molecule has 1 fully saturated rings. The van der Waals surface area contributed by atoms with Crippen LogP contribution < -0.4 is 0 Å². The average Bonchev–Trinajstić information content (AvgIpc) is 3.71. The monoisotopic (exact) mass is 476 g/mol. The molecule has 0 saturated heterocycles. The zero-order chi connectivity index (χ0) is 24.9. The van der Waals surface area contributed by atoms with Gasteiger partial charge in [0.05, 0.1) is 17.0 Å². The van der Waals surface area contributed by atoms with E-state index in [0.29, 0.717) is 12.0 Å². The molecule has 1 saturated carbocycles. The van der Waals surface area contributed by atoms with Gasteiger partial charge in [-0.05, 0) is 67.3 Å². The molecule has 4 rings (SSSR count). The largest absolute Gasteiger partial charge is 0.416 e. The molecule has 5 heteroatoms. The molecule has 2 nitrogen and oxygen atoms in total. The summed E-state index contributed by atoms with van der Waals surface area (Å²) in [6.07, 6.45) is -1.08. The molecule has 0 aromatic heterocycles. The number of rotatable bonds is 10. The minimum absolute atomic E-state index is 0.191. The van der Waals surface area contributed by atoms with Crippen molar-refractivity contribution in [1.82, 2.24) is 4.90 Å². The molecular weight excluding hydrogens is 445 g/mol. The Bertz CT molecular complexity index is 1070. The maximum Gasteiger partial charge on any atom is 0.416 e. The predicted octanol–water partition coefficient (Wildman–Crippen LogP) is 7.75. The molecule has 3 aromatic rings. The lowest BCUT2D eigenvalue weighted by molar-refractivity contribution is -0.137. The van der Waals surface area contributed by atoms with Crippen molar-refractivity contribution in [3.8, 4) is 6.07 Å². The van der Waals surface area contributed by atoms with E-state index in [-0.39, 0.29) is 12.0 Å². The molecule has 0 N–H and O–H groups in total. The summed E-state index contributed by atoms with van der Waals surface area (Å²) < 4.78 is 39.3. The minimum atomic E-state index is -4.38. The summed E-state index contributed by atoms with van der Waals surface area (Å²) in [6, 6.07) is 28.7. The summed E-state index contributed by atoms with van der Waals surface area (Å²) in [5, 5.41) is 10.3. The molecule has 0 aliphatic heterocycles. The molecule has 0 heterocycles. The zero-order valence-electron chi connectivity index (χ0n) is 20.0. The second-order valence-electron chi connectivity index (χ2n) is 9.70. The molecule has 2 atom stereocenters. The van der Waals surface area contributed by atoms with Crippen LogP contribution in [0.1, 0.15) is 54.9 Å². The van der Waals surface area contributed by atoms with Crippen molar-refractivity contribution in [2.45, 2.75) is 63.3 Å². The maximum atomic E-state index is 13.1. The standard InChI is InChI=1S/C30H31F3N2/c1-23(35(20-24-8-4-2-5-9-24)21-25-10-6-3-7-11-25)18-19-29(22-34,26-12-13-26)27-14-16-28(17-15-27)30(31,32)33/h2-11,14-17,23,26H,12-13,18-21H2,1H3. The van der Waals surface area contributed by atoms with E-state index in [9.17, 15) is 18.4 Å². The number of nitrogens with zero attached hydrogens (tertiary/aromatic N) is 2. The van der Waals surface area contributed by atoms with Crippen molar-refractivity contribution < 1.29 is 13.2 Å². The smallest absolute Gasteiger partial charge is 0.292 e. The second kappa shape index (κ2) is 10.7. The van der Waals surface area contributed by atoms with Gasteiger partial charge in [-0.15, -0.1) is 0 Å². The first kappa shape index (κ1) is 25.0. The van der Waals surface area contributed by atoms with Gasteiger partial charge in [0.1, 0.15) is 0 Å². The van der Waals surface area contributed by atoms with Crippen molar-refractivity contribution in [3.63, 3.8) is 0 Å². The third-order valence-electron chi connectivity index (χ3n) is 7.24. The number of benzene rings is 3. The van der Waals surface area contributed by atoms with Gasteiger partial charge in [0, 0.05) is 19.1 Å². The van der Waals surface area contributed by atoms with Crippen LogP contribution in [0.15, 0.2) is 84.9 Å². The van der Waals surface area contributed by atoms with Crippen LogP contribution in [0.5, 0.6) is 0 Å². The third-order valence-corrected chi connectivity index (χ3v) is 7.24. The lowest BCUT2D eigenvalue weighted by atomic mass is 9.73. The molecule has 0 spiro atoms. The summed E-state index contributed by atoms with van der Waals surface area (Å²) in [6.45, 7) is 3.77. The third kappa shape index (κ3) is 6.13. The molecule has 3 aromatic carbocycles. The Labute approximate surface area is 206 Å². The molecule has 1 aliphatic rings. The highest BCUT2D eigenvalue weighted by atomic mass is 19.4.